The maximum absolute atomic E-state index is 4.05. The summed E-state index contributed by atoms with van der Waals surface area (Å²) in [6.07, 6.45) is 0. The predicted molar refractivity (Wildman–Crippen MR) is 78.3 cm³/mol. The van der Waals surface area contributed by atoms with Crippen molar-refractivity contribution in [1.82, 2.24) is 15.5 Å². The quantitative estimate of drug-likeness (QED) is 0.853. The Morgan fingerprint density at radius 3 is 2.56 bits per heavy atom. The standard InChI is InChI=1S/C13H17N3S2/c1-9-4-10(2)6-11(5-9)12(14-3)7-17-13-16-15-8-18-13/h4-6,8,12,14H,7H2,1-3H3. The van der Waals surface area contributed by atoms with Crippen molar-refractivity contribution in [3.8, 4) is 0 Å². The van der Waals surface area contributed by atoms with E-state index in [-0.39, 0.29) is 0 Å². The largest absolute Gasteiger partial charge is 0.312 e. The van der Waals surface area contributed by atoms with Gasteiger partial charge in [0.2, 0.25) is 0 Å². The molecule has 0 amide bonds. The highest BCUT2D eigenvalue weighted by atomic mass is 32.2. The summed E-state index contributed by atoms with van der Waals surface area (Å²) in [4.78, 5) is 0. The molecule has 0 spiro atoms. The summed E-state index contributed by atoms with van der Waals surface area (Å²) in [5.74, 6) is 0.967. The molecule has 0 bridgehead atoms. The summed E-state index contributed by atoms with van der Waals surface area (Å²) in [5.41, 5.74) is 5.73. The minimum Gasteiger partial charge on any atom is -0.312 e. The summed E-state index contributed by atoms with van der Waals surface area (Å²) in [6.45, 7) is 4.28. The van der Waals surface area contributed by atoms with Gasteiger partial charge in [-0.25, -0.2) is 0 Å². The van der Waals surface area contributed by atoms with Crippen molar-refractivity contribution in [3.63, 3.8) is 0 Å². The van der Waals surface area contributed by atoms with Crippen LogP contribution in [-0.4, -0.2) is 23.0 Å². The Morgan fingerprint density at radius 2 is 2.00 bits per heavy atom. The van der Waals surface area contributed by atoms with E-state index in [9.17, 15) is 0 Å². The van der Waals surface area contributed by atoms with Crippen LogP contribution in [0.2, 0.25) is 0 Å². The second kappa shape index (κ2) is 6.31. The van der Waals surface area contributed by atoms with Crippen LogP contribution in [0.15, 0.2) is 28.0 Å². The van der Waals surface area contributed by atoms with Gasteiger partial charge in [-0.05, 0) is 26.5 Å². The van der Waals surface area contributed by atoms with E-state index < -0.39 is 0 Å². The van der Waals surface area contributed by atoms with Crippen molar-refractivity contribution in [3.05, 3.63) is 40.4 Å². The number of nitrogens with one attached hydrogen (secondary N) is 1. The first-order valence-corrected chi connectivity index (χ1v) is 7.70. The van der Waals surface area contributed by atoms with Crippen molar-refractivity contribution in [2.45, 2.75) is 24.2 Å². The van der Waals surface area contributed by atoms with Crippen molar-refractivity contribution >= 4 is 23.1 Å². The van der Waals surface area contributed by atoms with Crippen LogP contribution in [0.25, 0.3) is 0 Å². The zero-order valence-corrected chi connectivity index (χ0v) is 12.4. The van der Waals surface area contributed by atoms with Gasteiger partial charge in [-0.3, -0.25) is 0 Å². The zero-order chi connectivity index (χ0) is 13.0. The van der Waals surface area contributed by atoms with Crippen molar-refractivity contribution in [2.75, 3.05) is 12.8 Å². The molecule has 0 aliphatic heterocycles. The molecule has 18 heavy (non-hydrogen) atoms. The summed E-state index contributed by atoms with van der Waals surface area (Å²) in [6, 6.07) is 7.04. The fraction of sp³-hybridized carbons (Fsp3) is 0.385. The van der Waals surface area contributed by atoms with E-state index in [0.29, 0.717) is 6.04 Å². The molecular formula is C13H17N3S2. The highest BCUT2D eigenvalue weighted by molar-refractivity contribution is 8.01. The summed E-state index contributed by atoms with van der Waals surface area (Å²) >= 11 is 3.34. The minimum atomic E-state index is 0.345. The Morgan fingerprint density at radius 1 is 1.28 bits per heavy atom. The Kier molecular flexibility index (Phi) is 4.74. The molecule has 96 valence electrons. The van der Waals surface area contributed by atoms with E-state index in [1.165, 1.54) is 16.7 Å². The Bertz CT molecular complexity index is 477. The van der Waals surface area contributed by atoms with Gasteiger partial charge in [0.05, 0.1) is 0 Å². The monoisotopic (exact) mass is 279 g/mol. The molecule has 0 fully saturated rings. The van der Waals surface area contributed by atoms with Crippen LogP contribution in [0.4, 0.5) is 0 Å². The number of rotatable bonds is 5. The third-order valence-electron chi connectivity index (χ3n) is 2.71. The molecule has 0 saturated carbocycles. The van der Waals surface area contributed by atoms with Crippen LogP contribution in [0.5, 0.6) is 0 Å². The van der Waals surface area contributed by atoms with Crippen molar-refractivity contribution < 1.29 is 0 Å². The van der Waals surface area contributed by atoms with E-state index in [2.05, 4.69) is 47.6 Å². The van der Waals surface area contributed by atoms with Crippen molar-refractivity contribution in [1.29, 1.82) is 0 Å². The third-order valence-corrected chi connectivity index (χ3v) is 4.66. The molecule has 3 nitrogen and oxygen atoms in total. The number of benzene rings is 1. The second-order valence-electron chi connectivity index (χ2n) is 4.28. The predicted octanol–water partition coefficient (Wildman–Crippen LogP) is 3.21. The van der Waals surface area contributed by atoms with Gasteiger partial charge < -0.3 is 5.32 Å². The Balaban J connectivity index is 2.07. The zero-order valence-electron chi connectivity index (χ0n) is 10.8. The van der Waals surface area contributed by atoms with Crippen molar-refractivity contribution in [2.24, 2.45) is 0 Å². The number of thioether (sulfide) groups is 1. The molecule has 0 aliphatic carbocycles. The molecule has 1 aromatic heterocycles. The van der Waals surface area contributed by atoms with Crippen LogP contribution in [0.1, 0.15) is 22.7 Å². The van der Waals surface area contributed by atoms with E-state index in [1.807, 2.05) is 7.05 Å². The fourth-order valence-electron chi connectivity index (χ4n) is 1.94. The minimum absolute atomic E-state index is 0.345. The van der Waals surface area contributed by atoms with Crippen LogP contribution in [-0.2, 0) is 0 Å². The first-order valence-electron chi connectivity index (χ1n) is 5.83. The van der Waals surface area contributed by atoms with Crippen LogP contribution < -0.4 is 5.32 Å². The molecule has 0 radical (unpaired) electrons. The lowest BCUT2D eigenvalue weighted by Crippen LogP contribution is -2.19. The number of aryl methyl sites for hydroxylation is 2. The van der Waals surface area contributed by atoms with E-state index in [0.717, 1.165) is 10.1 Å². The first-order chi connectivity index (χ1) is 8.69. The summed E-state index contributed by atoms with van der Waals surface area (Å²) < 4.78 is 1.03. The molecule has 1 atom stereocenters. The maximum atomic E-state index is 4.05. The fourth-order valence-corrected chi connectivity index (χ4v) is 3.60. The highest BCUT2D eigenvalue weighted by Gasteiger charge is 2.11. The maximum Gasteiger partial charge on any atom is 0.174 e. The molecule has 2 rings (SSSR count). The van der Waals surface area contributed by atoms with Crippen LogP contribution >= 0.6 is 23.1 Å². The molecule has 1 heterocycles. The van der Waals surface area contributed by atoms with Gasteiger partial charge in [-0.15, -0.1) is 10.2 Å². The van der Waals surface area contributed by atoms with Gasteiger partial charge in [0.1, 0.15) is 5.51 Å². The van der Waals surface area contributed by atoms with E-state index in [1.54, 1.807) is 28.6 Å². The lowest BCUT2D eigenvalue weighted by atomic mass is 10.0. The normalized spacial score (nSPS) is 12.6. The van der Waals surface area contributed by atoms with Crippen LogP contribution in [0, 0.1) is 13.8 Å². The van der Waals surface area contributed by atoms with E-state index >= 15 is 0 Å². The number of aromatic nitrogens is 2. The van der Waals surface area contributed by atoms with Gasteiger partial charge in [-0.1, -0.05) is 52.4 Å². The van der Waals surface area contributed by atoms with Gasteiger partial charge in [0.15, 0.2) is 4.34 Å². The number of hydrogen-bond acceptors (Lipinski definition) is 5. The van der Waals surface area contributed by atoms with Gasteiger partial charge in [0, 0.05) is 11.8 Å². The molecular weight excluding hydrogens is 262 g/mol. The van der Waals surface area contributed by atoms with Gasteiger partial charge in [-0.2, -0.15) is 0 Å². The van der Waals surface area contributed by atoms with Gasteiger partial charge in [0.25, 0.3) is 0 Å². The molecule has 1 unspecified atom stereocenters. The summed E-state index contributed by atoms with van der Waals surface area (Å²) in [5, 5.41) is 11.3. The molecule has 1 aromatic carbocycles. The lowest BCUT2D eigenvalue weighted by molar-refractivity contribution is 0.660. The SMILES string of the molecule is CNC(CSc1nncs1)c1cc(C)cc(C)c1. The topological polar surface area (TPSA) is 37.8 Å². The average molecular weight is 279 g/mol. The second-order valence-corrected chi connectivity index (χ2v) is 6.38. The van der Waals surface area contributed by atoms with Crippen LogP contribution in [0.3, 0.4) is 0 Å². The average Bonchev–Trinajstić information content (AvgIpc) is 2.81. The Labute approximate surface area is 116 Å². The Hall–Kier alpha value is -0.910. The van der Waals surface area contributed by atoms with Gasteiger partial charge >= 0.3 is 0 Å². The highest BCUT2D eigenvalue weighted by Crippen LogP contribution is 2.26. The molecule has 5 heteroatoms. The lowest BCUT2D eigenvalue weighted by Gasteiger charge is -2.16. The number of hydrogen-bond donors (Lipinski definition) is 1. The first kappa shape index (κ1) is 13.5. The molecule has 0 saturated heterocycles. The molecule has 2 aromatic rings. The smallest absolute Gasteiger partial charge is 0.174 e. The number of nitrogens with zero attached hydrogens (tertiary/aromatic N) is 2. The molecule has 1 N–H and O–H groups in total. The van der Waals surface area contributed by atoms with E-state index in [4.69, 9.17) is 0 Å². The molecule has 0 aliphatic rings. The third kappa shape index (κ3) is 3.54. The summed E-state index contributed by atoms with van der Waals surface area (Å²) in [7, 11) is 2.00.